The molecule has 0 aromatic carbocycles. The first-order chi connectivity index (χ1) is 10.6. The van der Waals surface area contributed by atoms with Crippen LogP contribution in [0.15, 0.2) is 0 Å². The molecule has 0 aliphatic heterocycles. The Morgan fingerprint density at radius 1 is 0.955 bits per heavy atom. The molecule has 22 heavy (non-hydrogen) atoms. The highest BCUT2D eigenvalue weighted by molar-refractivity contribution is 5.87. The molecule has 0 saturated heterocycles. The van der Waals surface area contributed by atoms with Gasteiger partial charge in [-0.1, -0.05) is 45.4 Å². The number of carbonyl (C=O) groups is 3. The monoisotopic (exact) mass is 312 g/mol. The van der Waals surface area contributed by atoms with Gasteiger partial charge in [-0.2, -0.15) is 0 Å². The van der Waals surface area contributed by atoms with E-state index in [1.165, 1.54) is 6.42 Å². The van der Waals surface area contributed by atoms with Gasteiger partial charge in [-0.15, -0.1) is 0 Å². The molecule has 2 atom stereocenters. The van der Waals surface area contributed by atoms with Crippen molar-refractivity contribution in [3.8, 4) is 0 Å². The molecule has 0 heterocycles. The molecular weight excluding hydrogens is 284 g/mol. The van der Waals surface area contributed by atoms with Gasteiger partial charge >= 0.3 is 5.97 Å². The van der Waals surface area contributed by atoms with Crippen LogP contribution in [0, 0.1) is 11.8 Å². The Morgan fingerprint density at radius 2 is 1.59 bits per heavy atom. The molecule has 1 aliphatic carbocycles. The fraction of sp³-hybridized carbons (Fsp3) is 0.812. The molecule has 126 valence electrons. The minimum absolute atomic E-state index is 0.215. The quantitative estimate of drug-likeness (QED) is 0.473. The number of hydrogen-bond acceptors (Lipinski definition) is 3. The number of aliphatic carboxylic acids is 1. The van der Waals surface area contributed by atoms with Gasteiger partial charge in [0.2, 0.25) is 11.8 Å². The molecule has 6 nitrogen and oxygen atoms in total. The van der Waals surface area contributed by atoms with Crippen LogP contribution in [0.3, 0.4) is 0 Å². The standard InChI is InChI=1S/C16H28N2O4/c1-2-3-4-5-6-11-14(19)17-18-15(20)12-9-7-8-10-13(12)16(21)22/h12-13H,2-11H2,1H3,(H,17,19)(H,18,20)(H,21,22). The summed E-state index contributed by atoms with van der Waals surface area (Å²) in [5.74, 6) is -2.71. The summed E-state index contributed by atoms with van der Waals surface area (Å²) in [7, 11) is 0. The highest BCUT2D eigenvalue weighted by atomic mass is 16.4. The number of hydrazine groups is 1. The Labute approximate surface area is 132 Å². The average molecular weight is 312 g/mol. The zero-order chi connectivity index (χ0) is 16.4. The van der Waals surface area contributed by atoms with Crippen molar-refractivity contribution in [1.29, 1.82) is 0 Å². The van der Waals surface area contributed by atoms with Crippen molar-refractivity contribution in [1.82, 2.24) is 10.9 Å². The lowest BCUT2D eigenvalue weighted by Gasteiger charge is -2.27. The third kappa shape index (κ3) is 6.45. The first-order valence-electron chi connectivity index (χ1n) is 8.37. The third-order valence-electron chi connectivity index (χ3n) is 4.25. The predicted octanol–water partition coefficient (Wildman–Crippen LogP) is 2.39. The average Bonchev–Trinajstić information content (AvgIpc) is 2.52. The van der Waals surface area contributed by atoms with Crippen LogP contribution in [0.2, 0.25) is 0 Å². The number of nitrogens with one attached hydrogen (secondary N) is 2. The molecule has 0 aromatic rings. The van der Waals surface area contributed by atoms with E-state index in [1.54, 1.807) is 0 Å². The van der Waals surface area contributed by atoms with E-state index in [4.69, 9.17) is 5.11 Å². The molecule has 1 rings (SSSR count). The number of carboxylic acid groups (broad SMARTS) is 1. The Hall–Kier alpha value is -1.59. The summed E-state index contributed by atoms with van der Waals surface area (Å²) < 4.78 is 0. The molecule has 2 unspecified atom stereocenters. The third-order valence-corrected chi connectivity index (χ3v) is 4.25. The Morgan fingerprint density at radius 3 is 2.23 bits per heavy atom. The zero-order valence-corrected chi connectivity index (χ0v) is 13.4. The van der Waals surface area contributed by atoms with Crippen LogP contribution >= 0.6 is 0 Å². The molecule has 2 amide bonds. The highest BCUT2D eigenvalue weighted by Crippen LogP contribution is 2.30. The lowest BCUT2D eigenvalue weighted by Crippen LogP contribution is -2.47. The van der Waals surface area contributed by atoms with Gasteiger partial charge in [-0.25, -0.2) is 0 Å². The second-order valence-corrected chi connectivity index (χ2v) is 6.04. The largest absolute Gasteiger partial charge is 0.481 e. The molecule has 0 spiro atoms. The topological polar surface area (TPSA) is 95.5 Å². The number of amides is 2. The van der Waals surface area contributed by atoms with E-state index >= 15 is 0 Å². The Kier molecular flexibility index (Phi) is 8.55. The van der Waals surface area contributed by atoms with Gasteiger partial charge in [0.25, 0.3) is 0 Å². The van der Waals surface area contributed by atoms with Crippen molar-refractivity contribution < 1.29 is 19.5 Å². The first-order valence-corrected chi connectivity index (χ1v) is 8.37. The van der Waals surface area contributed by atoms with Crippen LogP contribution in [0.5, 0.6) is 0 Å². The maximum atomic E-state index is 12.0. The van der Waals surface area contributed by atoms with E-state index in [2.05, 4.69) is 17.8 Å². The number of hydrogen-bond donors (Lipinski definition) is 3. The predicted molar refractivity (Wildman–Crippen MR) is 82.7 cm³/mol. The number of carbonyl (C=O) groups excluding carboxylic acids is 2. The van der Waals surface area contributed by atoms with E-state index in [0.29, 0.717) is 19.3 Å². The maximum Gasteiger partial charge on any atom is 0.307 e. The van der Waals surface area contributed by atoms with Gasteiger partial charge in [-0.3, -0.25) is 25.2 Å². The van der Waals surface area contributed by atoms with Crippen LogP contribution in [-0.4, -0.2) is 22.9 Å². The maximum absolute atomic E-state index is 12.0. The summed E-state index contributed by atoms with van der Waals surface area (Å²) in [6.07, 6.45) is 8.45. The van der Waals surface area contributed by atoms with Crippen molar-refractivity contribution in [3.63, 3.8) is 0 Å². The molecule has 1 fully saturated rings. The molecule has 1 aliphatic rings. The van der Waals surface area contributed by atoms with Crippen LogP contribution in [-0.2, 0) is 14.4 Å². The summed E-state index contributed by atoms with van der Waals surface area (Å²) >= 11 is 0. The molecule has 6 heteroatoms. The van der Waals surface area contributed by atoms with Gasteiger partial charge in [0, 0.05) is 6.42 Å². The van der Waals surface area contributed by atoms with Crippen molar-refractivity contribution in [3.05, 3.63) is 0 Å². The second kappa shape index (κ2) is 10.2. The van der Waals surface area contributed by atoms with E-state index in [0.717, 1.165) is 38.5 Å². The van der Waals surface area contributed by atoms with Gasteiger partial charge in [-0.05, 0) is 19.3 Å². The lowest BCUT2D eigenvalue weighted by molar-refractivity contribution is -0.149. The minimum atomic E-state index is -0.929. The molecular formula is C16H28N2O4. The summed E-state index contributed by atoms with van der Waals surface area (Å²) in [6, 6.07) is 0. The summed E-state index contributed by atoms with van der Waals surface area (Å²) in [5.41, 5.74) is 4.79. The fourth-order valence-corrected chi connectivity index (χ4v) is 2.92. The van der Waals surface area contributed by atoms with Crippen LogP contribution in [0.4, 0.5) is 0 Å². The van der Waals surface area contributed by atoms with E-state index in [9.17, 15) is 14.4 Å². The van der Waals surface area contributed by atoms with Crippen molar-refractivity contribution in [2.75, 3.05) is 0 Å². The SMILES string of the molecule is CCCCCCCC(=O)NNC(=O)C1CCCCC1C(=O)O. The highest BCUT2D eigenvalue weighted by Gasteiger charge is 2.35. The Bertz CT molecular complexity index is 384. The van der Waals surface area contributed by atoms with Gasteiger partial charge in [0.05, 0.1) is 11.8 Å². The number of unbranched alkanes of at least 4 members (excludes halogenated alkanes) is 4. The lowest BCUT2D eigenvalue weighted by atomic mass is 9.79. The summed E-state index contributed by atoms with van der Waals surface area (Å²) in [4.78, 5) is 34.8. The van der Waals surface area contributed by atoms with Crippen molar-refractivity contribution >= 4 is 17.8 Å². The van der Waals surface area contributed by atoms with Gasteiger partial charge < -0.3 is 5.11 Å². The van der Waals surface area contributed by atoms with E-state index < -0.39 is 17.8 Å². The minimum Gasteiger partial charge on any atom is -0.481 e. The van der Waals surface area contributed by atoms with Gasteiger partial charge in [0.1, 0.15) is 0 Å². The van der Waals surface area contributed by atoms with Crippen LogP contribution in [0.1, 0.15) is 71.1 Å². The Balaban J connectivity index is 2.26. The molecule has 0 radical (unpaired) electrons. The molecule has 3 N–H and O–H groups in total. The van der Waals surface area contributed by atoms with Gasteiger partial charge in [0.15, 0.2) is 0 Å². The van der Waals surface area contributed by atoms with Crippen LogP contribution in [0.25, 0.3) is 0 Å². The summed E-state index contributed by atoms with van der Waals surface area (Å²) in [6.45, 7) is 2.14. The number of rotatable bonds is 8. The smallest absolute Gasteiger partial charge is 0.307 e. The van der Waals surface area contributed by atoms with Crippen molar-refractivity contribution in [2.45, 2.75) is 71.1 Å². The second-order valence-electron chi connectivity index (χ2n) is 6.04. The van der Waals surface area contributed by atoms with Crippen LogP contribution < -0.4 is 10.9 Å². The van der Waals surface area contributed by atoms with E-state index in [1.807, 2.05) is 0 Å². The fourth-order valence-electron chi connectivity index (χ4n) is 2.92. The molecule has 0 aromatic heterocycles. The zero-order valence-electron chi connectivity index (χ0n) is 13.4. The van der Waals surface area contributed by atoms with E-state index in [-0.39, 0.29) is 11.8 Å². The number of carboxylic acids is 1. The molecule has 0 bridgehead atoms. The normalized spacial score (nSPS) is 21.1. The first kappa shape index (κ1) is 18.5. The summed E-state index contributed by atoms with van der Waals surface area (Å²) in [5, 5.41) is 9.15. The van der Waals surface area contributed by atoms with Crippen molar-refractivity contribution in [2.24, 2.45) is 11.8 Å². The molecule has 1 saturated carbocycles.